The molecule has 6 rings (SSSR count). The average Bonchev–Trinajstić information content (AvgIpc) is 3.51. The van der Waals surface area contributed by atoms with Gasteiger partial charge in [-0.1, -0.05) is 37.8 Å². The van der Waals surface area contributed by atoms with Crippen molar-refractivity contribution in [3.63, 3.8) is 0 Å². The van der Waals surface area contributed by atoms with E-state index in [0.717, 1.165) is 78.8 Å². The summed E-state index contributed by atoms with van der Waals surface area (Å²) in [5, 5.41) is 3.29. The molecule has 0 radical (unpaired) electrons. The Morgan fingerprint density at radius 1 is 0.833 bits per heavy atom. The number of ether oxygens (including phenoxy) is 2. The number of ketones is 1. The normalized spacial score (nSPS) is 21.2. The van der Waals surface area contributed by atoms with Crippen molar-refractivity contribution in [1.29, 1.82) is 0 Å². The van der Waals surface area contributed by atoms with Crippen molar-refractivity contribution < 1.29 is 14.3 Å². The summed E-state index contributed by atoms with van der Waals surface area (Å²) < 4.78 is 11.1. The number of fused-ring (bicyclic) bond motifs is 7. The van der Waals surface area contributed by atoms with Gasteiger partial charge in [-0.3, -0.25) is 9.78 Å². The maximum atomic E-state index is 14.0. The van der Waals surface area contributed by atoms with E-state index in [1.165, 1.54) is 11.1 Å². The van der Waals surface area contributed by atoms with E-state index in [1.54, 1.807) is 14.2 Å². The molecule has 4 nitrogen and oxygen atoms in total. The van der Waals surface area contributed by atoms with Crippen LogP contribution in [0.15, 0.2) is 30.5 Å². The number of hydrogen-bond acceptors (Lipinski definition) is 4. The molecule has 2 fully saturated rings. The Balaban J connectivity index is 1.70. The summed E-state index contributed by atoms with van der Waals surface area (Å²) in [5.41, 5.74) is 2.92. The molecule has 0 amide bonds. The van der Waals surface area contributed by atoms with Crippen LogP contribution in [0.3, 0.4) is 0 Å². The number of aromatic nitrogens is 1. The summed E-state index contributed by atoms with van der Waals surface area (Å²) in [5.74, 6) is 1.93. The first-order chi connectivity index (χ1) is 14.6. The Kier molecular flexibility index (Phi) is 3.75. The summed E-state index contributed by atoms with van der Waals surface area (Å²) in [6.07, 6.45) is 10.6. The molecule has 1 aromatic heterocycles. The van der Waals surface area contributed by atoms with Gasteiger partial charge in [0, 0.05) is 17.0 Å². The number of rotatable bonds is 2. The van der Waals surface area contributed by atoms with Crippen LogP contribution in [0, 0.1) is 0 Å². The molecular weight excluding hydrogens is 374 g/mol. The Labute approximate surface area is 176 Å². The number of carbonyl (C=O) groups is 1. The third kappa shape index (κ3) is 2.07. The molecule has 2 saturated carbocycles. The molecule has 3 aromatic rings. The third-order valence-corrected chi connectivity index (χ3v) is 8.13. The van der Waals surface area contributed by atoms with Gasteiger partial charge in [0.2, 0.25) is 0 Å². The lowest BCUT2D eigenvalue weighted by molar-refractivity contribution is -0.128. The maximum absolute atomic E-state index is 14.0. The number of pyridine rings is 1. The van der Waals surface area contributed by atoms with Gasteiger partial charge >= 0.3 is 0 Å². The highest BCUT2D eigenvalue weighted by Gasteiger charge is 2.61. The summed E-state index contributed by atoms with van der Waals surface area (Å²) >= 11 is 0. The molecule has 3 aliphatic carbocycles. The molecule has 2 spiro atoms. The molecule has 3 aliphatic rings. The Hall–Kier alpha value is -2.62. The predicted molar refractivity (Wildman–Crippen MR) is 118 cm³/mol. The maximum Gasteiger partial charge on any atom is 0.161 e. The fraction of sp³-hybridized carbons (Fsp3) is 0.462. The second kappa shape index (κ2) is 6.19. The molecule has 0 aliphatic heterocycles. The lowest BCUT2D eigenvalue weighted by Gasteiger charge is -2.27. The average molecular weight is 402 g/mol. The van der Waals surface area contributed by atoms with E-state index in [-0.39, 0.29) is 10.8 Å². The first-order valence-corrected chi connectivity index (χ1v) is 11.2. The molecule has 154 valence electrons. The largest absolute Gasteiger partial charge is 0.493 e. The third-order valence-electron chi connectivity index (χ3n) is 8.13. The van der Waals surface area contributed by atoms with E-state index >= 15 is 0 Å². The number of benzene rings is 2. The lowest BCUT2D eigenvalue weighted by Crippen LogP contribution is -2.38. The van der Waals surface area contributed by atoms with Crippen molar-refractivity contribution >= 4 is 27.5 Å². The van der Waals surface area contributed by atoms with Gasteiger partial charge in [-0.2, -0.15) is 0 Å². The minimum absolute atomic E-state index is 0.284. The van der Waals surface area contributed by atoms with Crippen LogP contribution in [0.5, 0.6) is 11.5 Å². The molecule has 0 bridgehead atoms. The van der Waals surface area contributed by atoms with Gasteiger partial charge < -0.3 is 9.47 Å². The van der Waals surface area contributed by atoms with Crippen LogP contribution in [-0.2, 0) is 15.6 Å². The Morgan fingerprint density at radius 3 is 2.13 bits per heavy atom. The molecule has 30 heavy (non-hydrogen) atoms. The monoisotopic (exact) mass is 401 g/mol. The first kappa shape index (κ1) is 18.2. The standard InChI is InChI=1S/C26H27NO3/c1-29-20-13-16-7-8-17-22-19(15-27-23(17)18(16)14-21(20)30-2)25(9-3-4-10-25)24(28)26(22)11-5-6-12-26/h7-8,13-15H,3-6,9-12H2,1-2H3. The molecule has 0 saturated heterocycles. The zero-order valence-corrected chi connectivity index (χ0v) is 17.7. The van der Waals surface area contributed by atoms with Crippen molar-refractivity contribution in [3.8, 4) is 11.5 Å². The van der Waals surface area contributed by atoms with Gasteiger partial charge in [-0.05, 0) is 54.3 Å². The minimum atomic E-state index is -0.300. The van der Waals surface area contributed by atoms with E-state index in [9.17, 15) is 4.79 Å². The molecule has 0 unspecified atom stereocenters. The topological polar surface area (TPSA) is 48.4 Å². The smallest absolute Gasteiger partial charge is 0.161 e. The molecule has 2 aromatic carbocycles. The van der Waals surface area contributed by atoms with E-state index in [1.807, 2.05) is 18.3 Å². The fourth-order valence-electron chi connectivity index (χ4n) is 6.82. The summed E-state index contributed by atoms with van der Waals surface area (Å²) in [6, 6.07) is 8.38. The molecule has 1 heterocycles. The fourth-order valence-corrected chi connectivity index (χ4v) is 6.82. The van der Waals surface area contributed by atoms with Gasteiger partial charge in [0.15, 0.2) is 17.3 Å². The van der Waals surface area contributed by atoms with Gasteiger partial charge in [0.25, 0.3) is 0 Å². The quantitative estimate of drug-likeness (QED) is 0.524. The number of methoxy groups -OCH3 is 2. The zero-order valence-electron chi connectivity index (χ0n) is 17.7. The number of Topliss-reactive ketones (excluding diaryl/α,β-unsaturated/α-hetero) is 1. The van der Waals surface area contributed by atoms with Crippen LogP contribution in [0.4, 0.5) is 0 Å². The second-order valence-corrected chi connectivity index (χ2v) is 9.34. The zero-order chi connectivity index (χ0) is 20.5. The van der Waals surface area contributed by atoms with Crippen LogP contribution in [0.25, 0.3) is 21.7 Å². The van der Waals surface area contributed by atoms with E-state index in [4.69, 9.17) is 14.5 Å². The van der Waals surface area contributed by atoms with Crippen LogP contribution >= 0.6 is 0 Å². The van der Waals surface area contributed by atoms with Crippen LogP contribution < -0.4 is 9.47 Å². The van der Waals surface area contributed by atoms with Crippen molar-refractivity contribution in [2.24, 2.45) is 0 Å². The highest BCUT2D eigenvalue weighted by molar-refractivity contribution is 6.13. The van der Waals surface area contributed by atoms with Crippen LogP contribution in [-0.4, -0.2) is 25.0 Å². The van der Waals surface area contributed by atoms with Crippen molar-refractivity contribution in [3.05, 3.63) is 41.6 Å². The summed E-state index contributed by atoms with van der Waals surface area (Å²) in [6.45, 7) is 0. The first-order valence-electron chi connectivity index (χ1n) is 11.2. The lowest BCUT2D eigenvalue weighted by atomic mass is 9.73. The Bertz CT molecular complexity index is 1200. The van der Waals surface area contributed by atoms with Gasteiger partial charge in [-0.15, -0.1) is 0 Å². The highest BCUT2D eigenvalue weighted by Crippen LogP contribution is 2.61. The van der Waals surface area contributed by atoms with Gasteiger partial charge in [0.05, 0.1) is 30.6 Å². The van der Waals surface area contributed by atoms with Crippen molar-refractivity contribution in [1.82, 2.24) is 4.98 Å². The molecule has 0 N–H and O–H groups in total. The highest BCUT2D eigenvalue weighted by atomic mass is 16.5. The second-order valence-electron chi connectivity index (χ2n) is 9.34. The SMILES string of the molecule is COc1cc2ccc3c4c(cnc3c2cc1OC)C1(CCCC1)C(=O)C41CCCC1. The van der Waals surface area contributed by atoms with Gasteiger partial charge in [-0.25, -0.2) is 0 Å². The number of hydrogen-bond donors (Lipinski definition) is 0. The molecule has 0 atom stereocenters. The van der Waals surface area contributed by atoms with Crippen molar-refractivity contribution in [2.45, 2.75) is 62.2 Å². The Morgan fingerprint density at radius 2 is 1.47 bits per heavy atom. The van der Waals surface area contributed by atoms with E-state index in [2.05, 4.69) is 12.1 Å². The predicted octanol–water partition coefficient (Wildman–Crippen LogP) is 5.61. The minimum Gasteiger partial charge on any atom is -0.493 e. The molecular formula is C26H27NO3. The number of carbonyl (C=O) groups excluding carboxylic acids is 1. The van der Waals surface area contributed by atoms with Crippen LogP contribution in [0.1, 0.15) is 62.5 Å². The van der Waals surface area contributed by atoms with Gasteiger partial charge in [0.1, 0.15) is 0 Å². The number of nitrogens with zero attached hydrogens (tertiary/aromatic N) is 1. The van der Waals surface area contributed by atoms with Crippen LogP contribution in [0.2, 0.25) is 0 Å². The van der Waals surface area contributed by atoms with Crippen molar-refractivity contribution in [2.75, 3.05) is 14.2 Å². The summed E-state index contributed by atoms with van der Waals surface area (Å²) in [4.78, 5) is 19.0. The summed E-state index contributed by atoms with van der Waals surface area (Å²) in [7, 11) is 3.32. The van der Waals surface area contributed by atoms with E-state index in [0.29, 0.717) is 11.5 Å². The molecule has 4 heteroatoms. The van der Waals surface area contributed by atoms with E-state index < -0.39 is 0 Å².